The van der Waals surface area contributed by atoms with Gasteiger partial charge in [0.1, 0.15) is 5.82 Å². The average Bonchev–Trinajstić information content (AvgIpc) is 2.69. The van der Waals surface area contributed by atoms with E-state index in [0.29, 0.717) is 17.1 Å². The van der Waals surface area contributed by atoms with Gasteiger partial charge in [0, 0.05) is 42.7 Å². The first-order valence-electron chi connectivity index (χ1n) is 9.86. The highest BCUT2D eigenvalue weighted by molar-refractivity contribution is 6.30. The normalized spacial score (nSPS) is 19.9. The lowest BCUT2D eigenvalue weighted by atomic mass is 9.95. The summed E-state index contributed by atoms with van der Waals surface area (Å²) in [6.07, 6.45) is 2.62. The van der Waals surface area contributed by atoms with Crippen molar-refractivity contribution in [1.29, 1.82) is 0 Å². The van der Waals surface area contributed by atoms with Crippen molar-refractivity contribution < 1.29 is 13.9 Å². The van der Waals surface area contributed by atoms with Crippen LogP contribution in [0.4, 0.5) is 4.39 Å². The van der Waals surface area contributed by atoms with Gasteiger partial charge >= 0.3 is 0 Å². The summed E-state index contributed by atoms with van der Waals surface area (Å²) in [6.45, 7) is 7.52. The lowest BCUT2D eigenvalue weighted by molar-refractivity contribution is -0.126. The van der Waals surface area contributed by atoms with Gasteiger partial charge in [0.2, 0.25) is 5.91 Å². The SMILES string of the molecule is O=C(NCCCN1CCOCC1)C1CCN(Cc2ccc(Cl)cc2F)CC1. The molecule has 7 heteroatoms. The number of carbonyl (C=O) groups excluding carboxylic acids is 1. The zero-order chi connectivity index (χ0) is 19.1. The van der Waals surface area contributed by atoms with Crippen molar-refractivity contribution >= 4 is 17.5 Å². The quantitative estimate of drug-likeness (QED) is 0.718. The fourth-order valence-corrected chi connectivity index (χ4v) is 3.89. The van der Waals surface area contributed by atoms with E-state index in [4.69, 9.17) is 16.3 Å². The zero-order valence-electron chi connectivity index (χ0n) is 15.8. The van der Waals surface area contributed by atoms with Crippen LogP contribution < -0.4 is 5.32 Å². The summed E-state index contributed by atoms with van der Waals surface area (Å²) in [5.41, 5.74) is 0.658. The van der Waals surface area contributed by atoms with Crippen molar-refractivity contribution in [3.05, 3.63) is 34.6 Å². The third-order valence-corrected chi connectivity index (χ3v) is 5.66. The molecule has 0 aliphatic carbocycles. The Morgan fingerprint density at radius 2 is 1.93 bits per heavy atom. The van der Waals surface area contributed by atoms with Gasteiger partial charge in [-0.05, 0) is 51.0 Å². The van der Waals surface area contributed by atoms with Crippen LogP contribution in [0.1, 0.15) is 24.8 Å². The Bertz CT molecular complexity index is 617. The molecule has 2 heterocycles. The van der Waals surface area contributed by atoms with Crippen LogP contribution in [0.15, 0.2) is 18.2 Å². The Kier molecular flexibility index (Phi) is 7.88. The van der Waals surface area contributed by atoms with E-state index in [1.165, 1.54) is 6.07 Å². The van der Waals surface area contributed by atoms with E-state index in [1.54, 1.807) is 12.1 Å². The molecule has 2 fully saturated rings. The molecule has 1 aromatic carbocycles. The smallest absolute Gasteiger partial charge is 0.223 e. The number of likely N-dealkylation sites (tertiary alicyclic amines) is 1. The molecule has 2 saturated heterocycles. The van der Waals surface area contributed by atoms with Crippen molar-refractivity contribution in [1.82, 2.24) is 15.1 Å². The van der Waals surface area contributed by atoms with Gasteiger partial charge in [-0.25, -0.2) is 4.39 Å². The van der Waals surface area contributed by atoms with Gasteiger partial charge in [-0.1, -0.05) is 17.7 Å². The molecule has 5 nitrogen and oxygen atoms in total. The predicted molar refractivity (Wildman–Crippen MR) is 104 cm³/mol. The first-order valence-corrected chi connectivity index (χ1v) is 10.2. The van der Waals surface area contributed by atoms with Crippen LogP contribution in [0, 0.1) is 11.7 Å². The average molecular weight is 398 g/mol. The topological polar surface area (TPSA) is 44.8 Å². The summed E-state index contributed by atoms with van der Waals surface area (Å²) in [7, 11) is 0. The number of nitrogens with one attached hydrogen (secondary N) is 1. The second-order valence-corrected chi connectivity index (χ2v) is 7.82. The number of amides is 1. The third-order valence-electron chi connectivity index (χ3n) is 5.42. The minimum Gasteiger partial charge on any atom is -0.379 e. The molecular weight excluding hydrogens is 369 g/mol. The number of nitrogens with zero attached hydrogens (tertiary/aromatic N) is 2. The number of hydrogen-bond acceptors (Lipinski definition) is 4. The van der Waals surface area contributed by atoms with Crippen LogP contribution in [-0.4, -0.2) is 68.2 Å². The summed E-state index contributed by atoms with van der Waals surface area (Å²) >= 11 is 5.80. The molecule has 2 aliphatic rings. The summed E-state index contributed by atoms with van der Waals surface area (Å²) in [5, 5.41) is 3.50. The summed E-state index contributed by atoms with van der Waals surface area (Å²) in [6, 6.07) is 4.82. The second kappa shape index (κ2) is 10.4. The van der Waals surface area contributed by atoms with Crippen LogP contribution in [0.5, 0.6) is 0 Å². The first-order chi connectivity index (χ1) is 13.1. The molecule has 0 spiro atoms. The van der Waals surface area contributed by atoms with E-state index in [9.17, 15) is 9.18 Å². The fourth-order valence-electron chi connectivity index (χ4n) is 3.73. The van der Waals surface area contributed by atoms with Gasteiger partial charge in [-0.2, -0.15) is 0 Å². The van der Waals surface area contributed by atoms with Crippen molar-refractivity contribution in [3.63, 3.8) is 0 Å². The van der Waals surface area contributed by atoms with Gasteiger partial charge in [0.05, 0.1) is 13.2 Å². The third kappa shape index (κ3) is 6.42. The maximum absolute atomic E-state index is 13.9. The molecule has 0 saturated carbocycles. The van der Waals surface area contributed by atoms with Gasteiger partial charge in [0.25, 0.3) is 0 Å². The summed E-state index contributed by atoms with van der Waals surface area (Å²) in [4.78, 5) is 16.9. The number of benzene rings is 1. The fraction of sp³-hybridized carbons (Fsp3) is 0.650. The second-order valence-electron chi connectivity index (χ2n) is 7.38. The molecule has 0 atom stereocenters. The van der Waals surface area contributed by atoms with E-state index < -0.39 is 0 Å². The maximum atomic E-state index is 13.9. The van der Waals surface area contributed by atoms with E-state index in [1.807, 2.05) is 0 Å². The van der Waals surface area contributed by atoms with E-state index >= 15 is 0 Å². The Hall–Kier alpha value is -1.21. The number of ether oxygens (including phenoxy) is 1. The van der Waals surface area contributed by atoms with E-state index in [2.05, 4.69) is 15.1 Å². The van der Waals surface area contributed by atoms with Crippen LogP contribution >= 0.6 is 11.6 Å². The molecule has 0 bridgehead atoms. The number of hydrogen-bond donors (Lipinski definition) is 1. The Balaban J connectivity index is 1.32. The summed E-state index contributed by atoms with van der Waals surface area (Å²) in [5.74, 6) is -0.0309. The Morgan fingerprint density at radius 3 is 2.63 bits per heavy atom. The highest BCUT2D eigenvalue weighted by Crippen LogP contribution is 2.21. The minimum atomic E-state index is -0.261. The van der Waals surface area contributed by atoms with Gasteiger partial charge in [-0.15, -0.1) is 0 Å². The molecule has 0 unspecified atom stereocenters. The van der Waals surface area contributed by atoms with Crippen molar-refractivity contribution in [2.75, 3.05) is 52.5 Å². The molecule has 2 aliphatic heterocycles. The number of piperidine rings is 1. The lowest BCUT2D eigenvalue weighted by Gasteiger charge is -2.31. The molecule has 1 aromatic rings. The molecule has 1 N–H and O–H groups in total. The standard InChI is InChI=1S/C20H29ClFN3O2/c21-18-3-2-17(19(22)14-18)15-25-8-4-16(5-9-25)20(26)23-6-1-7-24-10-12-27-13-11-24/h2-3,14,16H,1,4-13,15H2,(H,23,26). The van der Waals surface area contributed by atoms with Crippen molar-refractivity contribution in [3.8, 4) is 0 Å². The van der Waals surface area contributed by atoms with Gasteiger partial charge < -0.3 is 10.1 Å². The number of carbonyl (C=O) groups is 1. The summed E-state index contributed by atoms with van der Waals surface area (Å²) < 4.78 is 19.3. The molecule has 0 aromatic heterocycles. The number of rotatable bonds is 7. The molecule has 1 amide bonds. The van der Waals surface area contributed by atoms with Crippen LogP contribution in [0.2, 0.25) is 5.02 Å². The molecule has 27 heavy (non-hydrogen) atoms. The van der Waals surface area contributed by atoms with Crippen molar-refractivity contribution in [2.45, 2.75) is 25.8 Å². The minimum absolute atomic E-state index is 0.0692. The molecular formula is C20H29ClFN3O2. The zero-order valence-corrected chi connectivity index (χ0v) is 16.5. The maximum Gasteiger partial charge on any atom is 0.223 e. The highest BCUT2D eigenvalue weighted by atomic mass is 35.5. The molecule has 0 radical (unpaired) electrons. The number of halogens is 2. The number of morpholine rings is 1. The Morgan fingerprint density at radius 1 is 1.19 bits per heavy atom. The largest absolute Gasteiger partial charge is 0.379 e. The van der Waals surface area contributed by atoms with E-state index in [0.717, 1.165) is 71.7 Å². The molecule has 3 rings (SSSR count). The van der Waals surface area contributed by atoms with E-state index in [-0.39, 0.29) is 17.6 Å². The predicted octanol–water partition coefficient (Wildman–Crippen LogP) is 2.53. The Labute approximate surface area is 165 Å². The highest BCUT2D eigenvalue weighted by Gasteiger charge is 2.25. The van der Waals surface area contributed by atoms with Gasteiger partial charge in [-0.3, -0.25) is 14.6 Å². The monoisotopic (exact) mass is 397 g/mol. The first kappa shape index (κ1) is 20.5. The van der Waals surface area contributed by atoms with Crippen LogP contribution in [0.25, 0.3) is 0 Å². The molecule has 150 valence electrons. The van der Waals surface area contributed by atoms with Crippen LogP contribution in [-0.2, 0) is 16.1 Å². The van der Waals surface area contributed by atoms with Gasteiger partial charge in [0.15, 0.2) is 0 Å². The van der Waals surface area contributed by atoms with Crippen LogP contribution in [0.3, 0.4) is 0 Å². The van der Waals surface area contributed by atoms with Crippen molar-refractivity contribution in [2.24, 2.45) is 5.92 Å². The lowest BCUT2D eigenvalue weighted by Crippen LogP contribution is -2.41.